The zero-order valence-electron chi connectivity index (χ0n) is 12.5. The summed E-state index contributed by atoms with van der Waals surface area (Å²) in [5.74, 6) is 0. The van der Waals surface area contributed by atoms with Crippen molar-refractivity contribution in [3.8, 4) is 11.4 Å². The Morgan fingerprint density at radius 3 is 2.18 bits per heavy atom. The van der Waals surface area contributed by atoms with Gasteiger partial charge < -0.3 is 0 Å². The van der Waals surface area contributed by atoms with E-state index in [9.17, 15) is 0 Å². The molecule has 4 aromatic rings. The predicted molar refractivity (Wildman–Crippen MR) is 89.5 cm³/mol. The Morgan fingerprint density at radius 1 is 0.727 bits per heavy atom. The third-order valence-corrected chi connectivity index (χ3v) is 3.98. The number of rotatable bonds is 2. The molecule has 0 spiro atoms. The first-order valence-corrected chi connectivity index (χ1v) is 7.47. The highest BCUT2D eigenvalue weighted by Gasteiger charge is 2.17. The average molecular weight is 285 g/mol. The van der Waals surface area contributed by atoms with Gasteiger partial charge >= 0.3 is 0 Å². The fourth-order valence-corrected chi connectivity index (χ4v) is 2.82. The minimum atomic E-state index is 1.17. The number of benzene rings is 3. The molecule has 106 valence electrons. The zero-order valence-corrected chi connectivity index (χ0v) is 12.5. The van der Waals surface area contributed by atoms with Crippen molar-refractivity contribution in [2.75, 3.05) is 0 Å². The van der Waals surface area contributed by atoms with Crippen LogP contribution < -0.4 is 4.57 Å². The minimum Gasteiger partial charge on any atom is -0.195 e. The normalized spacial score (nSPS) is 11.0. The topological polar surface area (TPSA) is 8.81 Å². The quantitative estimate of drug-likeness (QED) is 0.488. The largest absolute Gasteiger partial charge is 0.255 e. The zero-order chi connectivity index (χ0) is 14.9. The van der Waals surface area contributed by atoms with Crippen molar-refractivity contribution < 1.29 is 4.57 Å². The lowest BCUT2D eigenvalue weighted by molar-refractivity contribution is -0.567. The van der Waals surface area contributed by atoms with E-state index in [4.69, 9.17) is 0 Å². The summed E-state index contributed by atoms with van der Waals surface area (Å²) in [6.45, 7) is 2.11. The summed E-state index contributed by atoms with van der Waals surface area (Å²) < 4.78 is 4.47. The molecule has 0 aliphatic rings. The monoisotopic (exact) mass is 285 g/mol. The summed E-state index contributed by atoms with van der Waals surface area (Å²) in [4.78, 5) is 0. The van der Waals surface area contributed by atoms with Gasteiger partial charge in [0, 0.05) is 0 Å². The van der Waals surface area contributed by atoms with Crippen molar-refractivity contribution >= 4 is 11.0 Å². The molecule has 0 saturated heterocycles. The van der Waals surface area contributed by atoms with Crippen LogP contribution in [0.2, 0.25) is 0 Å². The van der Waals surface area contributed by atoms with E-state index in [1.807, 2.05) is 6.07 Å². The molecule has 0 N–H and O–H groups in total. The van der Waals surface area contributed by atoms with Crippen LogP contribution in [0.5, 0.6) is 0 Å². The van der Waals surface area contributed by atoms with Gasteiger partial charge in [-0.25, -0.2) is 0 Å². The summed E-state index contributed by atoms with van der Waals surface area (Å²) in [6.07, 6.45) is 2.16. The second-order valence-electron chi connectivity index (χ2n) is 5.52. The molecule has 0 saturated carbocycles. The summed E-state index contributed by atoms with van der Waals surface area (Å²) in [5.41, 5.74) is 6.03. The number of hydrogen-bond acceptors (Lipinski definition) is 0. The lowest BCUT2D eigenvalue weighted by Crippen LogP contribution is -2.28. The molecule has 0 unspecified atom stereocenters. The fraction of sp³-hybridized carbons (Fsp3) is 0.0500. The first-order chi connectivity index (χ1) is 10.8. The first kappa shape index (κ1) is 12.8. The number of aromatic nitrogens is 2. The van der Waals surface area contributed by atoms with Gasteiger partial charge in [-0.3, -0.25) is 0 Å². The van der Waals surface area contributed by atoms with Gasteiger partial charge in [0.15, 0.2) is 11.0 Å². The Morgan fingerprint density at radius 2 is 1.41 bits per heavy atom. The molecule has 0 aliphatic carbocycles. The third kappa shape index (κ3) is 2.09. The number of nitrogens with zero attached hydrogens (tertiary/aromatic N) is 2. The number of para-hydroxylation sites is 3. The molecule has 0 bridgehead atoms. The Labute approximate surface area is 129 Å². The molecular weight excluding hydrogens is 268 g/mol. The van der Waals surface area contributed by atoms with E-state index in [1.165, 1.54) is 28.0 Å². The molecule has 3 aromatic carbocycles. The maximum atomic E-state index is 2.24. The van der Waals surface area contributed by atoms with E-state index in [0.717, 1.165) is 0 Å². The van der Waals surface area contributed by atoms with E-state index >= 15 is 0 Å². The second kappa shape index (κ2) is 5.15. The van der Waals surface area contributed by atoms with Crippen LogP contribution in [0.4, 0.5) is 0 Å². The third-order valence-electron chi connectivity index (χ3n) is 3.98. The summed E-state index contributed by atoms with van der Waals surface area (Å²) >= 11 is 0. The molecule has 1 aromatic heterocycles. The summed E-state index contributed by atoms with van der Waals surface area (Å²) in [5, 5.41) is 0. The van der Waals surface area contributed by atoms with Crippen molar-refractivity contribution in [2.24, 2.45) is 0 Å². The Hall–Kier alpha value is -2.87. The molecule has 1 heterocycles. The number of aryl methyl sites for hydroxylation is 1. The lowest BCUT2D eigenvalue weighted by atomic mass is 10.2. The molecule has 2 nitrogen and oxygen atoms in total. The molecular formula is C20H17N2+. The van der Waals surface area contributed by atoms with Crippen molar-refractivity contribution in [3.05, 3.63) is 90.8 Å². The molecule has 2 heteroatoms. The van der Waals surface area contributed by atoms with Gasteiger partial charge in [-0.05, 0) is 43.3 Å². The number of fused-ring (bicyclic) bond motifs is 1. The molecule has 22 heavy (non-hydrogen) atoms. The molecule has 0 fully saturated rings. The van der Waals surface area contributed by atoms with Crippen molar-refractivity contribution in [2.45, 2.75) is 6.92 Å². The highest BCUT2D eigenvalue weighted by molar-refractivity contribution is 5.74. The number of imidazole rings is 1. The Kier molecular flexibility index (Phi) is 3.01. The maximum Gasteiger partial charge on any atom is 0.255 e. The van der Waals surface area contributed by atoms with Crippen LogP contribution in [0.25, 0.3) is 22.4 Å². The average Bonchev–Trinajstić information content (AvgIpc) is 2.96. The first-order valence-electron chi connectivity index (χ1n) is 7.47. The van der Waals surface area contributed by atoms with Crippen LogP contribution in [0.15, 0.2) is 85.2 Å². The molecule has 0 amide bonds. The summed E-state index contributed by atoms with van der Waals surface area (Å²) in [7, 11) is 0. The smallest absolute Gasteiger partial charge is 0.195 e. The molecule has 0 radical (unpaired) electrons. The highest BCUT2D eigenvalue weighted by Crippen LogP contribution is 2.18. The van der Waals surface area contributed by atoms with Crippen LogP contribution >= 0.6 is 0 Å². The lowest BCUT2D eigenvalue weighted by Gasteiger charge is -1.97. The predicted octanol–water partition coefficient (Wildman–Crippen LogP) is 4.22. The van der Waals surface area contributed by atoms with Gasteiger partial charge in [0.1, 0.15) is 11.4 Å². The Balaban J connectivity index is 1.99. The maximum absolute atomic E-state index is 2.24. The SMILES string of the molecule is Cc1ccc(-[n+]2cn(-c3ccccc3)c3ccccc32)cc1. The van der Waals surface area contributed by atoms with Crippen LogP contribution in [0, 0.1) is 6.92 Å². The second-order valence-corrected chi connectivity index (χ2v) is 5.52. The van der Waals surface area contributed by atoms with E-state index < -0.39 is 0 Å². The van der Waals surface area contributed by atoms with Gasteiger partial charge in [-0.1, -0.05) is 48.0 Å². The van der Waals surface area contributed by atoms with Gasteiger partial charge in [-0.2, -0.15) is 9.13 Å². The van der Waals surface area contributed by atoms with Crippen molar-refractivity contribution in [1.29, 1.82) is 0 Å². The van der Waals surface area contributed by atoms with E-state index in [2.05, 4.69) is 95.2 Å². The molecule has 0 aliphatic heterocycles. The molecule has 0 atom stereocenters. The summed E-state index contributed by atoms with van der Waals surface area (Å²) in [6, 6.07) is 27.6. The van der Waals surface area contributed by atoms with Gasteiger partial charge in [0.05, 0.1) is 0 Å². The van der Waals surface area contributed by atoms with Crippen molar-refractivity contribution in [3.63, 3.8) is 0 Å². The van der Waals surface area contributed by atoms with Crippen LogP contribution in [-0.2, 0) is 0 Å². The van der Waals surface area contributed by atoms with Gasteiger partial charge in [-0.15, -0.1) is 0 Å². The van der Waals surface area contributed by atoms with Crippen molar-refractivity contribution in [1.82, 2.24) is 4.57 Å². The van der Waals surface area contributed by atoms with Gasteiger partial charge in [0.2, 0.25) is 0 Å². The van der Waals surface area contributed by atoms with Crippen LogP contribution in [-0.4, -0.2) is 4.57 Å². The highest BCUT2D eigenvalue weighted by atomic mass is 15.1. The number of hydrogen-bond donors (Lipinski definition) is 0. The Bertz CT molecular complexity index is 919. The molecule has 4 rings (SSSR count). The van der Waals surface area contributed by atoms with E-state index in [-0.39, 0.29) is 0 Å². The van der Waals surface area contributed by atoms with E-state index in [1.54, 1.807) is 0 Å². The van der Waals surface area contributed by atoms with Crippen LogP contribution in [0.3, 0.4) is 0 Å². The van der Waals surface area contributed by atoms with Crippen LogP contribution in [0.1, 0.15) is 5.56 Å². The minimum absolute atomic E-state index is 1.17. The van der Waals surface area contributed by atoms with E-state index in [0.29, 0.717) is 0 Å². The van der Waals surface area contributed by atoms with Gasteiger partial charge in [0.25, 0.3) is 6.33 Å². The fourth-order valence-electron chi connectivity index (χ4n) is 2.82. The standard InChI is InChI=1S/C20H17N2/c1-16-11-13-18(14-12-16)22-15-21(17-7-3-2-4-8-17)19-9-5-6-10-20(19)22/h2-15H,1H3/q+1.